The lowest BCUT2D eigenvalue weighted by Crippen LogP contribution is -2.26. The number of pyridine rings is 1. The second-order valence-electron chi connectivity index (χ2n) is 5.13. The number of nitrogens with zero attached hydrogens (tertiary/aromatic N) is 2. The number of hydrogen-bond acceptors (Lipinski definition) is 4. The van der Waals surface area contributed by atoms with Gasteiger partial charge in [-0.05, 0) is 42.7 Å². The zero-order valence-electron chi connectivity index (χ0n) is 11.6. The van der Waals surface area contributed by atoms with Crippen molar-refractivity contribution in [3.8, 4) is 5.75 Å². The molecule has 1 aromatic heterocycles. The summed E-state index contributed by atoms with van der Waals surface area (Å²) in [5, 5.41) is 0. The molecule has 1 aromatic carbocycles. The van der Waals surface area contributed by atoms with E-state index in [-0.39, 0.29) is 0 Å². The highest BCUT2D eigenvalue weighted by Crippen LogP contribution is 2.36. The molecular weight excluding hydrogens is 250 g/mol. The first-order chi connectivity index (χ1) is 9.78. The average molecular weight is 269 g/mol. The van der Waals surface area contributed by atoms with Crippen LogP contribution in [-0.4, -0.2) is 18.1 Å². The third-order valence-corrected chi connectivity index (χ3v) is 3.56. The minimum absolute atomic E-state index is 0.566. The van der Waals surface area contributed by atoms with Gasteiger partial charge in [0.25, 0.3) is 0 Å². The van der Waals surface area contributed by atoms with Crippen molar-refractivity contribution in [2.45, 2.75) is 25.4 Å². The van der Waals surface area contributed by atoms with Crippen LogP contribution < -0.4 is 15.4 Å². The normalized spacial score (nSPS) is 14.1. The van der Waals surface area contributed by atoms with Crippen LogP contribution in [0.25, 0.3) is 0 Å². The van der Waals surface area contributed by atoms with Crippen LogP contribution in [-0.2, 0) is 6.54 Å². The molecule has 0 aliphatic heterocycles. The van der Waals surface area contributed by atoms with E-state index in [1.54, 1.807) is 7.11 Å². The van der Waals surface area contributed by atoms with Gasteiger partial charge in [0.2, 0.25) is 0 Å². The fourth-order valence-electron chi connectivity index (χ4n) is 2.34. The maximum atomic E-state index is 5.74. The molecule has 0 saturated heterocycles. The molecule has 104 valence electrons. The van der Waals surface area contributed by atoms with Crippen LogP contribution in [0, 0.1) is 0 Å². The topological polar surface area (TPSA) is 51.4 Å². The summed E-state index contributed by atoms with van der Waals surface area (Å²) in [5.41, 5.74) is 7.77. The Labute approximate surface area is 119 Å². The van der Waals surface area contributed by atoms with E-state index in [4.69, 9.17) is 10.5 Å². The lowest BCUT2D eigenvalue weighted by molar-refractivity contribution is 0.412. The van der Waals surface area contributed by atoms with E-state index in [0.717, 1.165) is 23.8 Å². The van der Waals surface area contributed by atoms with Crippen LogP contribution in [0.15, 0.2) is 42.6 Å². The molecule has 1 aliphatic rings. The van der Waals surface area contributed by atoms with E-state index in [0.29, 0.717) is 6.04 Å². The van der Waals surface area contributed by atoms with Crippen LogP contribution in [0.4, 0.5) is 11.5 Å². The highest BCUT2D eigenvalue weighted by Gasteiger charge is 2.31. The smallest absolute Gasteiger partial charge is 0.171 e. The molecular formula is C16H19N3O. The van der Waals surface area contributed by atoms with Crippen LogP contribution in [0.2, 0.25) is 0 Å². The fourth-order valence-corrected chi connectivity index (χ4v) is 2.34. The standard InChI is InChI=1S/C16H19N3O/c1-20-15-3-2-10-18-16(15)19(14-8-9-14)11-12-4-6-13(17)7-5-12/h2-7,10,14H,8-9,11,17H2,1H3. The number of aromatic nitrogens is 1. The van der Waals surface area contributed by atoms with Crippen molar-refractivity contribution >= 4 is 11.5 Å². The molecule has 2 aromatic rings. The van der Waals surface area contributed by atoms with Gasteiger partial charge in [-0.15, -0.1) is 0 Å². The first-order valence-corrected chi connectivity index (χ1v) is 6.88. The minimum atomic E-state index is 0.566. The first kappa shape index (κ1) is 12.8. The van der Waals surface area contributed by atoms with Crippen LogP contribution >= 0.6 is 0 Å². The minimum Gasteiger partial charge on any atom is -0.493 e. The van der Waals surface area contributed by atoms with E-state index in [2.05, 4.69) is 22.0 Å². The molecule has 0 amide bonds. The van der Waals surface area contributed by atoms with E-state index >= 15 is 0 Å². The molecule has 20 heavy (non-hydrogen) atoms. The number of ether oxygens (including phenoxy) is 1. The Kier molecular flexibility index (Phi) is 3.46. The van der Waals surface area contributed by atoms with Gasteiger partial charge in [0.05, 0.1) is 7.11 Å². The van der Waals surface area contributed by atoms with Gasteiger partial charge in [-0.3, -0.25) is 0 Å². The fraction of sp³-hybridized carbons (Fsp3) is 0.312. The van der Waals surface area contributed by atoms with Crippen molar-refractivity contribution in [2.24, 2.45) is 0 Å². The summed E-state index contributed by atoms with van der Waals surface area (Å²) >= 11 is 0. The summed E-state index contributed by atoms with van der Waals surface area (Å²) in [7, 11) is 1.69. The van der Waals surface area contributed by atoms with Crippen molar-refractivity contribution < 1.29 is 4.74 Å². The third kappa shape index (κ3) is 2.69. The van der Waals surface area contributed by atoms with Gasteiger partial charge >= 0.3 is 0 Å². The predicted octanol–water partition coefficient (Wildman–Crippen LogP) is 2.84. The summed E-state index contributed by atoms with van der Waals surface area (Å²) in [6.07, 6.45) is 4.25. The number of rotatable bonds is 5. The molecule has 0 unspecified atom stereocenters. The van der Waals surface area contributed by atoms with E-state index in [9.17, 15) is 0 Å². The lowest BCUT2D eigenvalue weighted by Gasteiger charge is -2.25. The van der Waals surface area contributed by atoms with Crippen LogP contribution in [0.3, 0.4) is 0 Å². The molecule has 1 saturated carbocycles. The molecule has 1 fully saturated rings. The molecule has 1 heterocycles. The predicted molar refractivity (Wildman–Crippen MR) is 80.8 cm³/mol. The Morgan fingerprint density at radius 2 is 2.00 bits per heavy atom. The second kappa shape index (κ2) is 5.41. The quantitative estimate of drug-likeness (QED) is 0.848. The number of methoxy groups -OCH3 is 1. The Hall–Kier alpha value is -2.23. The molecule has 0 spiro atoms. The van der Waals surface area contributed by atoms with Crippen LogP contribution in [0.5, 0.6) is 5.75 Å². The Balaban J connectivity index is 1.87. The number of benzene rings is 1. The van der Waals surface area contributed by atoms with Gasteiger partial charge < -0.3 is 15.4 Å². The van der Waals surface area contributed by atoms with Crippen molar-refractivity contribution in [3.63, 3.8) is 0 Å². The van der Waals surface area contributed by atoms with E-state index < -0.39 is 0 Å². The van der Waals surface area contributed by atoms with Crippen molar-refractivity contribution in [3.05, 3.63) is 48.2 Å². The van der Waals surface area contributed by atoms with Crippen LogP contribution in [0.1, 0.15) is 18.4 Å². The van der Waals surface area contributed by atoms with Crippen molar-refractivity contribution in [1.82, 2.24) is 4.98 Å². The highest BCUT2D eigenvalue weighted by atomic mass is 16.5. The highest BCUT2D eigenvalue weighted by molar-refractivity contribution is 5.54. The summed E-state index contributed by atoms with van der Waals surface area (Å²) < 4.78 is 5.44. The SMILES string of the molecule is COc1cccnc1N(Cc1ccc(N)cc1)C1CC1. The van der Waals surface area contributed by atoms with Gasteiger partial charge in [0.15, 0.2) is 11.6 Å². The Morgan fingerprint density at radius 3 is 2.65 bits per heavy atom. The molecule has 1 aliphatic carbocycles. The van der Waals surface area contributed by atoms with Crippen molar-refractivity contribution in [2.75, 3.05) is 17.7 Å². The maximum absolute atomic E-state index is 5.74. The molecule has 4 heteroatoms. The molecule has 4 nitrogen and oxygen atoms in total. The average Bonchev–Trinajstić information content (AvgIpc) is 3.31. The number of nitrogen functional groups attached to an aromatic ring is 1. The number of nitrogens with two attached hydrogens (primary N) is 1. The van der Waals surface area contributed by atoms with Gasteiger partial charge in [-0.2, -0.15) is 0 Å². The zero-order valence-corrected chi connectivity index (χ0v) is 11.6. The number of anilines is 2. The van der Waals surface area contributed by atoms with Gasteiger partial charge in [-0.1, -0.05) is 12.1 Å². The summed E-state index contributed by atoms with van der Waals surface area (Å²) in [4.78, 5) is 6.82. The molecule has 3 rings (SSSR count). The molecule has 0 atom stereocenters. The second-order valence-corrected chi connectivity index (χ2v) is 5.13. The molecule has 0 bridgehead atoms. The molecule has 2 N–H and O–H groups in total. The largest absolute Gasteiger partial charge is 0.493 e. The molecule has 0 radical (unpaired) electrons. The zero-order chi connectivity index (χ0) is 13.9. The van der Waals surface area contributed by atoms with Crippen molar-refractivity contribution in [1.29, 1.82) is 0 Å². The van der Waals surface area contributed by atoms with Gasteiger partial charge in [0, 0.05) is 24.5 Å². The van der Waals surface area contributed by atoms with E-state index in [1.807, 2.05) is 30.5 Å². The summed E-state index contributed by atoms with van der Waals surface area (Å²) in [6.45, 7) is 0.832. The van der Waals surface area contributed by atoms with Gasteiger partial charge in [0.1, 0.15) is 0 Å². The van der Waals surface area contributed by atoms with Gasteiger partial charge in [-0.25, -0.2) is 4.98 Å². The number of hydrogen-bond donors (Lipinski definition) is 1. The maximum Gasteiger partial charge on any atom is 0.171 e. The Morgan fingerprint density at radius 1 is 1.25 bits per heavy atom. The lowest BCUT2D eigenvalue weighted by atomic mass is 10.2. The van der Waals surface area contributed by atoms with E-state index in [1.165, 1.54) is 18.4 Å². The summed E-state index contributed by atoms with van der Waals surface area (Å²) in [5.74, 6) is 1.75. The third-order valence-electron chi connectivity index (χ3n) is 3.56. The first-order valence-electron chi connectivity index (χ1n) is 6.88. The summed E-state index contributed by atoms with van der Waals surface area (Å²) in [6, 6.07) is 12.4. The Bertz CT molecular complexity index is 579. The monoisotopic (exact) mass is 269 g/mol.